The van der Waals surface area contributed by atoms with Crippen LogP contribution in [0.25, 0.3) is 0 Å². The maximum absolute atomic E-state index is 11.0. The summed E-state index contributed by atoms with van der Waals surface area (Å²) >= 11 is 0. The number of ether oxygens (including phenoxy) is 1. The van der Waals surface area contributed by atoms with E-state index < -0.39 is 9.28 Å². The lowest BCUT2D eigenvalue weighted by molar-refractivity contribution is 0.152. The highest BCUT2D eigenvalue weighted by molar-refractivity contribution is 6.46. The molecule has 0 aliphatic heterocycles. The molecule has 0 fully saturated rings. The molecule has 1 amide bonds. The highest BCUT2D eigenvalue weighted by Gasteiger charge is 2.18. The molecule has 0 aliphatic rings. The summed E-state index contributed by atoms with van der Waals surface area (Å²) in [6.07, 6.45) is 2.76. The van der Waals surface area contributed by atoms with E-state index in [0.29, 0.717) is 18.7 Å². The minimum Gasteiger partial charge on any atom is -0.450 e. The second-order valence-corrected chi connectivity index (χ2v) is 6.78. The predicted molar refractivity (Wildman–Crippen MR) is 69.5 cm³/mol. The molecule has 0 saturated heterocycles. The second-order valence-electron chi connectivity index (χ2n) is 3.96. The number of nitrogens with one attached hydrogen (secondary N) is 1. The third-order valence-electron chi connectivity index (χ3n) is 2.56. The Morgan fingerprint density at radius 2 is 1.94 bits per heavy atom. The fourth-order valence-electron chi connectivity index (χ4n) is 1.66. The van der Waals surface area contributed by atoms with Gasteiger partial charge in [0.1, 0.15) is 0 Å². The van der Waals surface area contributed by atoms with Gasteiger partial charge in [-0.05, 0) is 25.3 Å². The number of unbranched alkanes of at least 4 members (excludes halogenated alkanes) is 1. The van der Waals surface area contributed by atoms with Crippen molar-refractivity contribution in [1.82, 2.24) is 5.32 Å². The number of alkyl carbamates (subject to hydrolysis) is 1. The molecule has 0 saturated carbocycles. The zero-order chi connectivity index (χ0) is 13.1. The summed E-state index contributed by atoms with van der Waals surface area (Å²) in [6, 6.07) is 0. The van der Waals surface area contributed by atoms with Crippen LogP contribution in [-0.2, 0) is 13.6 Å². The Kier molecular flexibility index (Phi) is 10.2. The van der Waals surface area contributed by atoms with Crippen molar-refractivity contribution in [2.45, 2.75) is 38.7 Å². The van der Waals surface area contributed by atoms with Crippen molar-refractivity contribution in [3.05, 3.63) is 0 Å². The quantitative estimate of drug-likeness (QED) is 0.509. The number of amides is 1. The van der Waals surface area contributed by atoms with Crippen LogP contribution in [0.15, 0.2) is 0 Å². The average molecular weight is 263 g/mol. The smallest absolute Gasteiger partial charge is 0.407 e. The molecular weight excluding hydrogens is 238 g/mol. The Bertz CT molecular complexity index is 200. The predicted octanol–water partition coefficient (Wildman–Crippen LogP) is 1.81. The number of hydrogen-bond acceptors (Lipinski definition) is 4. The zero-order valence-corrected chi connectivity index (χ0v) is 12.5. The summed E-state index contributed by atoms with van der Waals surface area (Å²) in [4.78, 5) is 11.0. The van der Waals surface area contributed by atoms with Gasteiger partial charge < -0.3 is 18.9 Å². The number of carbonyl (C=O) groups excluding carboxylic acids is 1. The normalized spacial score (nSPS) is 12.5. The summed E-state index contributed by atoms with van der Waals surface area (Å²) in [5, 5.41) is 2.70. The molecule has 0 rings (SSSR count). The highest BCUT2D eigenvalue weighted by Crippen LogP contribution is 2.18. The molecule has 6 heteroatoms. The summed E-state index contributed by atoms with van der Waals surface area (Å²) < 4.78 is 15.4. The Balaban J connectivity index is 3.47. The Labute approximate surface area is 106 Å². The Morgan fingerprint density at radius 3 is 2.47 bits per heavy atom. The van der Waals surface area contributed by atoms with Gasteiger partial charge in [-0.3, -0.25) is 0 Å². The van der Waals surface area contributed by atoms with Crippen molar-refractivity contribution < 1.29 is 18.4 Å². The molecule has 0 aromatic heterocycles. The molecule has 0 bridgehead atoms. The van der Waals surface area contributed by atoms with Gasteiger partial charge in [-0.1, -0.05) is 13.3 Å². The molecule has 102 valence electrons. The first-order valence-corrected chi connectivity index (χ1v) is 7.72. The van der Waals surface area contributed by atoms with Crippen molar-refractivity contribution in [3.63, 3.8) is 0 Å². The topological polar surface area (TPSA) is 56.8 Å². The minimum absolute atomic E-state index is 0.332. The highest BCUT2D eigenvalue weighted by atomic mass is 28.3. The van der Waals surface area contributed by atoms with E-state index in [1.165, 1.54) is 0 Å². The molecule has 5 nitrogen and oxygen atoms in total. The van der Waals surface area contributed by atoms with Crippen LogP contribution in [0.3, 0.4) is 0 Å². The van der Waals surface area contributed by atoms with Gasteiger partial charge in [-0.25, -0.2) is 4.79 Å². The molecule has 17 heavy (non-hydrogen) atoms. The van der Waals surface area contributed by atoms with E-state index in [4.69, 9.17) is 13.6 Å². The van der Waals surface area contributed by atoms with Crippen LogP contribution in [0.1, 0.15) is 33.1 Å². The van der Waals surface area contributed by atoms with Gasteiger partial charge in [0, 0.05) is 20.8 Å². The number of hydrogen-bond donors (Lipinski definition) is 1. The first kappa shape index (κ1) is 16.4. The fourth-order valence-corrected chi connectivity index (χ4v) is 3.29. The molecule has 0 heterocycles. The Morgan fingerprint density at radius 1 is 1.29 bits per heavy atom. The third-order valence-corrected chi connectivity index (χ3v) is 4.75. The minimum atomic E-state index is -1.48. The average Bonchev–Trinajstić information content (AvgIpc) is 2.30. The van der Waals surface area contributed by atoms with Crippen molar-refractivity contribution in [1.29, 1.82) is 0 Å². The monoisotopic (exact) mass is 263 g/mol. The fraction of sp³-hybridized carbons (Fsp3) is 0.909. The van der Waals surface area contributed by atoms with E-state index >= 15 is 0 Å². The summed E-state index contributed by atoms with van der Waals surface area (Å²) in [6.45, 7) is 5.03. The lowest BCUT2D eigenvalue weighted by Crippen LogP contribution is -2.26. The van der Waals surface area contributed by atoms with E-state index in [1.807, 2.05) is 0 Å². The van der Waals surface area contributed by atoms with E-state index in [9.17, 15) is 4.79 Å². The molecule has 0 spiro atoms. The SMILES string of the molecule is CCOC(=O)NCCCCC(C)[SiH](OC)OC. The standard InChI is InChI=1S/C11H25NO4Si/c1-5-16-11(13)12-9-7-6-8-10(2)17(14-3)15-4/h10,17H,5-9H2,1-4H3,(H,12,13). The van der Waals surface area contributed by atoms with Crippen molar-refractivity contribution >= 4 is 15.4 Å². The molecular formula is C11H25NO4Si. The lowest BCUT2D eigenvalue weighted by atomic mass is 10.2. The van der Waals surface area contributed by atoms with Gasteiger partial charge in [0.25, 0.3) is 0 Å². The van der Waals surface area contributed by atoms with Crippen LogP contribution in [0.5, 0.6) is 0 Å². The summed E-state index contributed by atoms with van der Waals surface area (Å²) in [7, 11) is 1.93. The van der Waals surface area contributed by atoms with Crippen LogP contribution in [0, 0.1) is 0 Å². The van der Waals surface area contributed by atoms with Crippen molar-refractivity contribution in [3.8, 4) is 0 Å². The van der Waals surface area contributed by atoms with Gasteiger partial charge in [0.05, 0.1) is 6.61 Å². The zero-order valence-electron chi connectivity index (χ0n) is 11.3. The van der Waals surface area contributed by atoms with E-state index in [1.54, 1.807) is 21.1 Å². The summed E-state index contributed by atoms with van der Waals surface area (Å²) in [5.74, 6) is 0. The lowest BCUT2D eigenvalue weighted by Gasteiger charge is -2.18. The van der Waals surface area contributed by atoms with Gasteiger partial charge in [0.15, 0.2) is 0 Å². The van der Waals surface area contributed by atoms with E-state index in [0.717, 1.165) is 19.3 Å². The van der Waals surface area contributed by atoms with Crippen LogP contribution in [-0.4, -0.2) is 42.7 Å². The molecule has 0 aliphatic carbocycles. The number of rotatable bonds is 9. The summed E-state index contributed by atoms with van der Waals surface area (Å²) in [5.41, 5.74) is 0.493. The van der Waals surface area contributed by atoms with Crippen LogP contribution in [0.2, 0.25) is 5.54 Å². The van der Waals surface area contributed by atoms with Gasteiger partial charge >= 0.3 is 15.4 Å². The first-order valence-electron chi connectivity index (χ1n) is 6.11. The van der Waals surface area contributed by atoms with Crippen LogP contribution >= 0.6 is 0 Å². The first-order chi connectivity index (χ1) is 8.15. The van der Waals surface area contributed by atoms with Gasteiger partial charge in [-0.2, -0.15) is 0 Å². The molecule has 1 N–H and O–H groups in total. The number of carbonyl (C=O) groups is 1. The van der Waals surface area contributed by atoms with Crippen molar-refractivity contribution in [2.24, 2.45) is 0 Å². The van der Waals surface area contributed by atoms with E-state index in [2.05, 4.69) is 12.2 Å². The maximum Gasteiger partial charge on any atom is 0.407 e. The van der Waals surface area contributed by atoms with Crippen LogP contribution < -0.4 is 5.32 Å². The largest absolute Gasteiger partial charge is 0.450 e. The van der Waals surface area contributed by atoms with Crippen molar-refractivity contribution in [2.75, 3.05) is 27.4 Å². The third kappa shape index (κ3) is 8.17. The maximum atomic E-state index is 11.0. The van der Waals surface area contributed by atoms with Gasteiger partial charge in [0.2, 0.25) is 0 Å². The molecule has 1 atom stereocenters. The molecule has 0 radical (unpaired) electrons. The molecule has 1 unspecified atom stereocenters. The van der Waals surface area contributed by atoms with Crippen LogP contribution in [0.4, 0.5) is 4.79 Å². The Hall–Kier alpha value is -0.593. The molecule has 0 aromatic rings. The molecule has 0 aromatic carbocycles. The van der Waals surface area contributed by atoms with Gasteiger partial charge in [-0.15, -0.1) is 0 Å². The van der Waals surface area contributed by atoms with E-state index in [-0.39, 0.29) is 6.09 Å². The second kappa shape index (κ2) is 10.6.